The molecule has 1 aromatic rings. The molecular weight excluding hydrogens is 240 g/mol. The molecule has 2 rings (SSSR count). The van der Waals surface area contributed by atoms with Gasteiger partial charge in [-0.2, -0.15) is 0 Å². The Hall–Kier alpha value is -1.10. The number of hydrogen-bond acceptors (Lipinski definition) is 4. The molecule has 4 heteroatoms. The maximum absolute atomic E-state index is 9.81. The number of nitrogens with one attached hydrogen (secondary N) is 1. The van der Waals surface area contributed by atoms with Crippen LogP contribution in [0.15, 0.2) is 12.1 Å². The van der Waals surface area contributed by atoms with Crippen LogP contribution in [0.1, 0.15) is 16.7 Å². The average molecular weight is 264 g/mol. The van der Waals surface area contributed by atoms with E-state index < -0.39 is 0 Å². The van der Waals surface area contributed by atoms with E-state index in [1.54, 1.807) is 0 Å². The van der Waals surface area contributed by atoms with Gasteiger partial charge >= 0.3 is 0 Å². The van der Waals surface area contributed by atoms with Gasteiger partial charge in [0.2, 0.25) is 0 Å². The van der Waals surface area contributed by atoms with Crippen molar-refractivity contribution >= 4 is 0 Å². The lowest BCUT2D eigenvalue weighted by Gasteiger charge is -2.33. The van der Waals surface area contributed by atoms with E-state index >= 15 is 0 Å². The van der Waals surface area contributed by atoms with Gasteiger partial charge in [-0.15, -0.1) is 0 Å². The van der Waals surface area contributed by atoms with Crippen LogP contribution < -0.4 is 5.32 Å². The molecular formula is C15H24N2O2. The highest BCUT2D eigenvalue weighted by Crippen LogP contribution is 2.24. The lowest BCUT2D eigenvalue weighted by atomic mass is 10.0. The van der Waals surface area contributed by atoms with Crippen LogP contribution in [0.4, 0.5) is 0 Å². The second-order valence-electron chi connectivity index (χ2n) is 5.36. The number of phenolic OH excluding ortho intramolecular Hbond substituents is 1. The molecule has 0 aliphatic carbocycles. The van der Waals surface area contributed by atoms with Crippen LogP contribution in [-0.4, -0.2) is 49.4 Å². The second-order valence-corrected chi connectivity index (χ2v) is 5.36. The summed E-state index contributed by atoms with van der Waals surface area (Å²) in [5.74, 6) is 0.416. The Kier molecular flexibility index (Phi) is 4.80. The number of aryl methyl sites for hydroxylation is 2. The summed E-state index contributed by atoms with van der Waals surface area (Å²) in [6.45, 7) is 8.45. The Morgan fingerprint density at radius 2 is 2.05 bits per heavy atom. The van der Waals surface area contributed by atoms with Crippen molar-refractivity contribution in [3.8, 4) is 5.75 Å². The zero-order chi connectivity index (χ0) is 13.8. The molecule has 1 saturated heterocycles. The van der Waals surface area contributed by atoms with Crippen molar-refractivity contribution in [2.24, 2.45) is 0 Å². The van der Waals surface area contributed by atoms with E-state index in [2.05, 4.69) is 22.3 Å². The third-order valence-corrected chi connectivity index (χ3v) is 3.61. The van der Waals surface area contributed by atoms with Gasteiger partial charge in [0.15, 0.2) is 0 Å². The largest absolute Gasteiger partial charge is 0.507 e. The zero-order valence-electron chi connectivity index (χ0n) is 12.1. The number of ether oxygens (including phenoxy) is 1. The molecule has 2 N–H and O–H groups in total. The minimum atomic E-state index is 0.276. The molecule has 0 saturated carbocycles. The molecule has 1 unspecified atom stereocenters. The van der Waals surface area contributed by atoms with Crippen molar-refractivity contribution in [1.82, 2.24) is 10.2 Å². The predicted octanol–water partition coefficient (Wildman–Crippen LogP) is 1.43. The fraction of sp³-hybridized carbons (Fsp3) is 0.600. The van der Waals surface area contributed by atoms with Gasteiger partial charge in [-0.25, -0.2) is 0 Å². The first kappa shape index (κ1) is 14.3. The van der Waals surface area contributed by atoms with E-state index in [0.29, 0.717) is 5.75 Å². The van der Waals surface area contributed by atoms with Crippen LogP contribution in [-0.2, 0) is 11.3 Å². The van der Waals surface area contributed by atoms with Crippen LogP contribution in [0.3, 0.4) is 0 Å². The Morgan fingerprint density at radius 3 is 2.68 bits per heavy atom. The Balaban J connectivity index is 2.00. The molecule has 1 fully saturated rings. The lowest BCUT2D eigenvalue weighted by molar-refractivity contribution is -0.0291. The first-order valence-corrected chi connectivity index (χ1v) is 6.87. The molecule has 1 aromatic carbocycles. The zero-order valence-corrected chi connectivity index (χ0v) is 12.1. The number of morpholine rings is 1. The van der Waals surface area contributed by atoms with Gasteiger partial charge in [0, 0.05) is 26.2 Å². The van der Waals surface area contributed by atoms with E-state index in [4.69, 9.17) is 4.74 Å². The normalized spacial score (nSPS) is 20.7. The fourth-order valence-electron chi connectivity index (χ4n) is 2.67. The molecule has 1 aliphatic heterocycles. The summed E-state index contributed by atoms with van der Waals surface area (Å²) in [7, 11) is 1.95. The van der Waals surface area contributed by atoms with Crippen LogP contribution in [0.2, 0.25) is 0 Å². The number of phenols is 1. The van der Waals surface area contributed by atoms with E-state index in [9.17, 15) is 5.11 Å². The number of rotatable bonds is 4. The smallest absolute Gasteiger partial charge is 0.121 e. The number of aromatic hydroxyl groups is 1. The minimum absolute atomic E-state index is 0.276. The number of likely N-dealkylation sites (N-methyl/N-ethyl adjacent to an activating group) is 1. The Bertz CT molecular complexity index is 409. The number of hydrogen-bond donors (Lipinski definition) is 2. The van der Waals surface area contributed by atoms with Crippen LogP contribution in [0.5, 0.6) is 5.75 Å². The highest BCUT2D eigenvalue weighted by molar-refractivity contribution is 5.42. The molecule has 1 heterocycles. The molecule has 0 radical (unpaired) electrons. The molecule has 1 aliphatic rings. The van der Waals surface area contributed by atoms with E-state index in [-0.39, 0.29) is 6.10 Å². The highest BCUT2D eigenvalue weighted by atomic mass is 16.5. The van der Waals surface area contributed by atoms with Crippen molar-refractivity contribution in [3.05, 3.63) is 28.8 Å². The monoisotopic (exact) mass is 264 g/mol. The quantitative estimate of drug-likeness (QED) is 0.863. The van der Waals surface area contributed by atoms with Crippen LogP contribution >= 0.6 is 0 Å². The Morgan fingerprint density at radius 1 is 1.37 bits per heavy atom. The maximum Gasteiger partial charge on any atom is 0.121 e. The number of benzene rings is 1. The SMILES string of the molecule is CNCC1CN(Cc2cc(C)c(O)c(C)c2)CCO1. The summed E-state index contributed by atoms with van der Waals surface area (Å²) < 4.78 is 5.71. The summed E-state index contributed by atoms with van der Waals surface area (Å²) >= 11 is 0. The molecule has 106 valence electrons. The van der Waals surface area contributed by atoms with Crippen LogP contribution in [0.25, 0.3) is 0 Å². The van der Waals surface area contributed by atoms with E-state index in [1.165, 1.54) is 5.56 Å². The Labute approximate surface area is 115 Å². The summed E-state index contributed by atoms with van der Waals surface area (Å²) in [5, 5.41) is 13.0. The highest BCUT2D eigenvalue weighted by Gasteiger charge is 2.20. The lowest BCUT2D eigenvalue weighted by Crippen LogP contribution is -2.45. The fourth-order valence-corrected chi connectivity index (χ4v) is 2.67. The summed E-state index contributed by atoms with van der Waals surface area (Å²) in [6.07, 6.45) is 0.276. The summed E-state index contributed by atoms with van der Waals surface area (Å²) in [4.78, 5) is 2.41. The first-order chi connectivity index (χ1) is 9.10. The third kappa shape index (κ3) is 3.69. The van der Waals surface area contributed by atoms with Gasteiger partial charge in [-0.3, -0.25) is 4.90 Å². The molecule has 0 bridgehead atoms. The maximum atomic E-state index is 9.81. The number of nitrogens with zero attached hydrogens (tertiary/aromatic N) is 1. The third-order valence-electron chi connectivity index (χ3n) is 3.61. The van der Waals surface area contributed by atoms with Gasteiger partial charge in [0.25, 0.3) is 0 Å². The molecule has 1 atom stereocenters. The molecule has 0 amide bonds. The average Bonchev–Trinajstić information content (AvgIpc) is 2.37. The van der Waals surface area contributed by atoms with Gasteiger partial charge in [-0.05, 0) is 37.6 Å². The van der Waals surface area contributed by atoms with Crippen molar-refractivity contribution in [3.63, 3.8) is 0 Å². The second kappa shape index (κ2) is 6.37. The topological polar surface area (TPSA) is 44.7 Å². The van der Waals surface area contributed by atoms with E-state index in [1.807, 2.05) is 20.9 Å². The molecule has 19 heavy (non-hydrogen) atoms. The first-order valence-electron chi connectivity index (χ1n) is 6.87. The molecule has 4 nitrogen and oxygen atoms in total. The van der Waals surface area contributed by atoms with Crippen LogP contribution in [0, 0.1) is 13.8 Å². The van der Waals surface area contributed by atoms with Gasteiger partial charge in [-0.1, -0.05) is 12.1 Å². The minimum Gasteiger partial charge on any atom is -0.507 e. The molecule has 0 spiro atoms. The van der Waals surface area contributed by atoms with Crippen molar-refractivity contribution in [2.45, 2.75) is 26.5 Å². The van der Waals surface area contributed by atoms with Crippen molar-refractivity contribution < 1.29 is 9.84 Å². The summed E-state index contributed by atoms with van der Waals surface area (Å²) in [6, 6.07) is 4.15. The van der Waals surface area contributed by atoms with E-state index in [0.717, 1.165) is 43.9 Å². The van der Waals surface area contributed by atoms with Crippen molar-refractivity contribution in [2.75, 3.05) is 33.3 Å². The van der Waals surface area contributed by atoms with Crippen molar-refractivity contribution in [1.29, 1.82) is 0 Å². The standard InChI is InChI=1S/C15H24N2O2/c1-11-6-13(7-12(2)15(11)18)9-17-4-5-19-14(10-17)8-16-3/h6-7,14,16,18H,4-5,8-10H2,1-3H3. The van der Waals surface area contributed by atoms with Gasteiger partial charge in [0.05, 0.1) is 12.7 Å². The van der Waals surface area contributed by atoms with Gasteiger partial charge in [0.1, 0.15) is 5.75 Å². The predicted molar refractivity (Wildman–Crippen MR) is 76.5 cm³/mol. The summed E-state index contributed by atoms with van der Waals surface area (Å²) in [5.41, 5.74) is 3.17. The molecule has 0 aromatic heterocycles. The van der Waals surface area contributed by atoms with Gasteiger partial charge < -0.3 is 15.2 Å².